The summed E-state index contributed by atoms with van der Waals surface area (Å²) in [5, 5.41) is 29.7. The quantitative estimate of drug-likeness (QED) is 0.658. The van der Waals surface area contributed by atoms with Gasteiger partial charge in [-0.15, -0.1) is 10.2 Å². The Hall–Kier alpha value is -2.61. The minimum Gasteiger partial charge on any atom is -0.507 e. The van der Waals surface area contributed by atoms with Crippen molar-refractivity contribution in [2.24, 2.45) is 0 Å². The number of hydrogen-bond acceptors (Lipinski definition) is 4. The smallest absolute Gasteiger partial charge is 0.416 e. The number of rotatable bonds is 3. The molecule has 1 aliphatic carbocycles. The summed E-state index contributed by atoms with van der Waals surface area (Å²) in [5.41, 5.74) is 0.982. The highest BCUT2D eigenvalue weighted by Crippen LogP contribution is 2.44. The minimum absolute atomic E-state index is 0.133. The van der Waals surface area contributed by atoms with Crippen molar-refractivity contribution in [3.63, 3.8) is 0 Å². The monoisotopic (exact) mass is 405 g/mol. The molecular weight excluding hydrogens is 383 g/mol. The highest BCUT2D eigenvalue weighted by molar-refractivity contribution is 5.85. The van der Waals surface area contributed by atoms with E-state index in [1.165, 1.54) is 6.92 Å². The SMILES string of the molecule is CCc1cn(C2CC(C)(O)C2)c2nnc(-c3c(C)cc(C(F)(F)F)cc3O)cc12. The van der Waals surface area contributed by atoms with Crippen LogP contribution >= 0.6 is 0 Å². The van der Waals surface area contributed by atoms with E-state index in [2.05, 4.69) is 10.2 Å². The molecule has 1 saturated carbocycles. The molecule has 1 fully saturated rings. The molecule has 0 aliphatic heterocycles. The Morgan fingerprint density at radius 2 is 1.90 bits per heavy atom. The van der Waals surface area contributed by atoms with Crippen LogP contribution in [0.25, 0.3) is 22.3 Å². The van der Waals surface area contributed by atoms with Gasteiger partial charge in [0.25, 0.3) is 0 Å². The van der Waals surface area contributed by atoms with Crippen LogP contribution in [-0.2, 0) is 12.6 Å². The Kier molecular flexibility index (Phi) is 4.38. The normalized spacial score (nSPS) is 22.1. The molecule has 1 aromatic carbocycles. The molecule has 2 aromatic heterocycles. The van der Waals surface area contributed by atoms with Crippen molar-refractivity contribution < 1.29 is 23.4 Å². The number of benzene rings is 1. The van der Waals surface area contributed by atoms with Gasteiger partial charge in [-0.3, -0.25) is 0 Å². The molecule has 0 radical (unpaired) electrons. The third kappa shape index (κ3) is 3.35. The summed E-state index contributed by atoms with van der Waals surface area (Å²) in [4.78, 5) is 0. The zero-order chi connectivity index (χ0) is 21.1. The van der Waals surface area contributed by atoms with E-state index in [0.717, 1.165) is 29.5 Å². The number of aromatic hydroxyl groups is 1. The Morgan fingerprint density at radius 1 is 1.21 bits per heavy atom. The van der Waals surface area contributed by atoms with Crippen molar-refractivity contribution in [3.05, 3.63) is 41.1 Å². The van der Waals surface area contributed by atoms with Gasteiger partial charge in [-0.1, -0.05) is 6.92 Å². The molecule has 0 unspecified atom stereocenters. The van der Waals surface area contributed by atoms with Crippen molar-refractivity contribution in [3.8, 4) is 17.0 Å². The second-order valence-corrected chi connectivity index (χ2v) is 8.13. The van der Waals surface area contributed by atoms with Gasteiger partial charge in [0.15, 0.2) is 5.65 Å². The van der Waals surface area contributed by atoms with Crippen LogP contribution in [0, 0.1) is 6.92 Å². The van der Waals surface area contributed by atoms with Gasteiger partial charge in [-0.05, 0) is 62.4 Å². The van der Waals surface area contributed by atoms with Crippen LogP contribution < -0.4 is 0 Å². The van der Waals surface area contributed by atoms with Crippen molar-refractivity contribution in [2.45, 2.75) is 57.9 Å². The zero-order valence-electron chi connectivity index (χ0n) is 16.4. The van der Waals surface area contributed by atoms with Gasteiger partial charge < -0.3 is 14.8 Å². The number of fused-ring (bicyclic) bond motifs is 1. The first-order valence-corrected chi connectivity index (χ1v) is 9.51. The van der Waals surface area contributed by atoms with E-state index in [-0.39, 0.29) is 17.2 Å². The van der Waals surface area contributed by atoms with Crippen LogP contribution in [0.5, 0.6) is 5.75 Å². The molecule has 3 aromatic rings. The Morgan fingerprint density at radius 3 is 2.45 bits per heavy atom. The van der Waals surface area contributed by atoms with E-state index < -0.39 is 23.1 Å². The summed E-state index contributed by atoms with van der Waals surface area (Å²) < 4.78 is 41.0. The number of halogens is 3. The topological polar surface area (TPSA) is 71.2 Å². The fourth-order valence-electron chi connectivity index (χ4n) is 4.21. The predicted molar refractivity (Wildman–Crippen MR) is 103 cm³/mol. The molecule has 0 atom stereocenters. The summed E-state index contributed by atoms with van der Waals surface area (Å²) in [7, 11) is 0. The first kappa shape index (κ1) is 19.7. The molecule has 0 bridgehead atoms. The van der Waals surface area contributed by atoms with Crippen molar-refractivity contribution in [1.29, 1.82) is 0 Å². The summed E-state index contributed by atoms with van der Waals surface area (Å²) in [6.45, 7) is 5.32. The average Bonchev–Trinajstić information content (AvgIpc) is 2.96. The molecule has 29 heavy (non-hydrogen) atoms. The highest BCUT2D eigenvalue weighted by atomic mass is 19.4. The third-order valence-corrected chi connectivity index (χ3v) is 5.68. The highest BCUT2D eigenvalue weighted by Gasteiger charge is 2.40. The lowest BCUT2D eigenvalue weighted by Gasteiger charge is -2.41. The summed E-state index contributed by atoms with van der Waals surface area (Å²) in [5.74, 6) is -0.474. The number of alkyl halides is 3. The van der Waals surface area contributed by atoms with Gasteiger partial charge in [0, 0.05) is 23.2 Å². The van der Waals surface area contributed by atoms with Gasteiger partial charge in [-0.2, -0.15) is 13.2 Å². The summed E-state index contributed by atoms with van der Waals surface area (Å²) >= 11 is 0. The first-order chi connectivity index (χ1) is 13.5. The van der Waals surface area contributed by atoms with Gasteiger partial charge >= 0.3 is 6.18 Å². The molecule has 0 spiro atoms. The van der Waals surface area contributed by atoms with E-state index in [1.807, 2.05) is 17.7 Å². The number of phenolic OH excluding ortho intramolecular Hbond substituents is 1. The second kappa shape index (κ2) is 6.45. The molecule has 154 valence electrons. The molecule has 2 heterocycles. The van der Waals surface area contributed by atoms with Crippen molar-refractivity contribution in [1.82, 2.24) is 14.8 Å². The van der Waals surface area contributed by atoms with Crippen LogP contribution in [0.2, 0.25) is 0 Å². The standard InChI is InChI=1S/C21H22F3N3O2/c1-4-12-10-27(14-8-20(3,29)9-14)19-15(12)7-16(25-26-19)18-11(2)5-13(6-17(18)28)21(22,23)24/h5-7,10,14,28-29H,4,8-9H2,1-3H3. The van der Waals surface area contributed by atoms with Crippen LogP contribution in [0.1, 0.15) is 49.4 Å². The molecule has 5 nitrogen and oxygen atoms in total. The maximum absolute atomic E-state index is 13.0. The number of aryl methyl sites for hydroxylation is 2. The maximum Gasteiger partial charge on any atom is 0.416 e. The molecule has 2 N–H and O–H groups in total. The predicted octanol–water partition coefficient (Wildman–Crippen LogP) is 4.78. The van der Waals surface area contributed by atoms with E-state index in [4.69, 9.17) is 0 Å². The first-order valence-electron chi connectivity index (χ1n) is 9.51. The third-order valence-electron chi connectivity index (χ3n) is 5.68. The van der Waals surface area contributed by atoms with Gasteiger partial charge in [0.2, 0.25) is 0 Å². The lowest BCUT2D eigenvalue weighted by molar-refractivity contribution is -0.137. The molecule has 4 rings (SSSR count). The van der Waals surface area contributed by atoms with E-state index in [9.17, 15) is 23.4 Å². The average molecular weight is 405 g/mol. The molecule has 1 aliphatic rings. The largest absolute Gasteiger partial charge is 0.507 e. The molecular formula is C21H22F3N3O2. The number of aromatic nitrogens is 3. The van der Waals surface area contributed by atoms with Gasteiger partial charge in [0.05, 0.1) is 16.9 Å². The van der Waals surface area contributed by atoms with E-state index in [0.29, 0.717) is 24.2 Å². The molecule has 0 amide bonds. The fourth-order valence-corrected chi connectivity index (χ4v) is 4.21. The van der Waals surface area contributed by atoms with Crippen LogP contribution in [-0.4, -0.2) is 30.6 Å². The molecule has 8 heteroatoms. The lowest BCUT2D eigenvalue weighted by Crippen LogP contribution is -2.41. The van der Waals surface area contributed by atoms with Gasteiger partial charge in [-0.25, -0.2) is 0 Å². The second-order valence-electron chi connectivity index (χ2n) is 8.13. The van der Waals surface area contributed by atoms with Crippen molar-refractivity contribution in [2.75, 3.05) is 0 Å². The Bertz CT molecular complexity index is 1070. The Labute approximate surface area is 165 Å². The zero-order valence-corrected chi connectivity index (χ0v) is 16.4. The Balaban J connectivity index is 1.81. The van der Waals surface area contributed by atoms with Crippen LogP contribution in [0.3, 0.4) is 0 Å². The van der Waals surface area contributed by atoms with Crippen LogP contribution in [0.4, 0.5) is 13.2 Å². The number of aliphatic hydroxyl groups is 1. The van der Waals surface area contributed by atoms with Crippen molar-refractivity contribution >= 4 is 11.0 Å². The summed E-state index contributed by atoms with van der Waals surface area (Å²) in [6.07, 6.45) is -0.532. The summed E-state index contributed by atoms with van der Waals surface area (Å²) in [6, 6.07) is 3.62. The lowest BCUT2D eigenvalue weighted by atomic mass is 9.77. The number of phenols is 1. The fraction of sp³-hybridized carbons (Fsp3) is 0.429. The van der Waals surface area contributed by atoms with Crippen LogP contribution in [0.15, 0.2) is 24.4 Å². The van der Waals surface area contributed by atoms with E-state index >= 15 is 0 Å². The number of nitrogens with zero attached hydrogens (tertiary/aromatic N) is 3. The maximum atomic E-state index is 13.0. The van der Waals surface area contributed by atoms with E-state index in [1.54, 1.807) is 13.0 Å². The number of hydrogen-bond donors (Lipinski definition) is 2. The minimum atomic E-state index is -4.53. The van der Waals surface area contributed by atoms with Gasteiger partial charge in [0.1, 0.15) is 5.75 Å². The molecule has 0 saturated heterocycles.